The number of rotatable bonds is 2. The lowest BCUT2D eigenvalue weighted by molar-refractivity contribution is -0.187. The molecule has 1 aromatic carbocycles. The highest BCUT2D eigenvalue weighted by atomic mass is 35.5. The number of hydrogen-bond donors (Lipinski definition) is 1. The van der Waals surface area contributed by atoms with Gasteiger partial charge in [0.2, 0.25) is 0 Å². The molecule has 0 spiro atoms. The Hall–Kier alpha value is -1.60. The molecule has 0 aliphatic carbocycles. The number of nitrogens with one attached hydrogen (secondary N) is 1. The Morgan fingerprint density at radius 2 is 2.17 bits per heavy atom. The van der Waals surface area contributed by atoms with Crippen molar-refractivity contribution in [2.45, 2.75) is 25.6 Å². The van der Waals surface area contributed by atoms with Gasteiger partial charge in [-0.15, -0.1) is 0 Å². The Labute approximate surface area is 135 Å². The minimum Gasteiger partial charge on any atom is -0.309 e. The number of aromatic amines is 1. The van der Waals surface area contributed by atoms with Gasteiger partial charge in [-0.25, -0.2) is 4.98 Å². The van der Waals surface area contributed by atoms with E-state index in [9.17, 15) is 18.0 Å². The molecule has 1 atom stereocenters. The lowest BCUT2D eigenvalue weighted by Gasteiger charge is -2.33. The lowest BCUT2D eigenvalue weighted by atomic mass is 9.97. The molecule has 0 radical (unpaired) electrons. The SMILES string of the molecule is O=c1[nH]c(CN2CCC[C@@H](C(F)(F)F)C2)nc2cc(Cl)ccc12. The van der Waals surface area contributed by atoms with Gasteiger partial charge in [0.1, 0.15) is 5.82 Å². The molecular formula is C15H15ClF3N3O. The van der Waals surface area contributed by atoms with Gasteiger partial charge < -0.3 is 4.98 Å². The van der Waals surface area contributed by atoms with Gasteiger partial charge in [-0.3, -0.25) is 9.69 Å². The smallest absolute Gasteiger partial charge is 0.309 e. The third kappa shape index (κ3) is 3.67. The van der Waals surface area contributed by atoms with Gasteiger partial charge in [0, 0.05) is 11.6 Å². The van der Waals surface area contributed by atoms with Crippen LogP contribution in [-0.2, 0) is 6.54 Å². The second-order valence-corrected chi connectivity index (χ2v) is 6.23. The molecule has 4 nitrogen and oxygen atoms in total. The highest BCUT2D eigenvalue weighted by Gasteiger charge is 2.41. The first-order valence-corrected chi connectivity index (χ1v) is 7.68. The quantitative estimate of drug-likeness (QED) is 0.908. The second kappa shape index (κ2) is 6.13. The minimum atomic E-state index is -4.18. The summed E-state index contributed by atoms with van der Waals surface area (Å²) in [4.78, 5) is 20.7. The topological polar surface area (TPSA) is 49.0 Å². The number of nitrogens with zero attached hydrogens (tertiary/aromatic N) is 2. The van der Waals surface area contributed by atoms with Crippen LogP contribution in [0.1, 0.15) is 18.7 Å². The summed E-state index contributed by atoms with van der Waals surface area (Å²) in [5, 5.41) is 0.863. The van der Waals surface area contributed by atoms with E-state index >= 15 is 0 Å². The lowest BCUT2D eigenvalue weighted by Crippen LogP contribution is -2.41. The summed E-state index contributed by atoms with van der Waals surface area (Å²) < 4.78 is 38.6. The molecule has 0 amide bonds. The first kappa shape index (κ1) is 16.3. The number of likely N-dealkylation sites (tertiary alicyclic amines) is 1. The van der Waals surface area contributed by atoms with Crippen molar-refractivity contribution in [1.82, 2.24) is 14.9 Å². The van der Waals surface area contributed by atoms with Crippen molar-refractivity contribution in [3.63, 3.8) is 0 Å². The van der Waals surface area contributed by atoms with E-state index < -0.39 is 12.1 Å². The van der Waals surface area contributed by atoms with Crippen LogP contribution >= 0.6 is 11.6 Å². The van der Waals surface area contributed by atoms with Gasteiger partial charge in [0.15, 0.2) is 0 Å². The predicted octanol–water partition coefficient (Wildman–Crippen LogP) is 3.35. The normalized spacial score (nSPS) is 20.1. The fraction of sp³-hybridized carbons (Fsp3) is 0.467. The van der Waals surface area contributed by atoms with Crippen molar-refractivity contribution in [2.24, 2.45) is 5.92 Å². The van der Waals surface area contributed by atoms with Crippen LogP contribution in [0.5, 0.6) is 0 Å². The van der Waals surface area contributed by atoms with Crippen LogP contribution in [-0.4, -0.2) is 34.1 Å². The van der Waals surface area contributed by atoms with E-state index in [1.165, 1.54) is 0 Å². The maximum absolute atomic E-state index is 12.9. The maximum Gasteiger partial charge on any atom is 0.393 e. The predicted molar refractivity (Wildman–Crippen MR) is 81.4 cm³/mol. The summed E-state index contributed by atoms with van der Waals surface area (Å²) in [6, 6.07) is 4.75. The molecule has 1 aliphatic heterocycles. The summed E-state index contributed by atoms with van der Waals surface area (Å²) in [7, 11) is 0. The van der Waals surface area contributed by atoms with Crippen molar-refractivity contribution in [3.8, 4) is 0 Å². The number of hydrogen-bond acceptors (Lipinski definition) is 3. The molecule has 124 valence electrons. The largest absolute Gasteiger partial charge is 0.393 e. The molecule has 0 saturated carbocycles. The minimum absolute atomic E-state index is 0.0687. The van der Waals surface area contributed by atoms with Crippen LogP contribution in [0.3, 0.4) is 0 Å². The molecule has 0 unspecified atom stereocenters. The summed E-state index contributed by atoms with van der Waals surface area (Å²) in [6.45, 7) is 0.676. The number of fused-ring (bicyclic) bond motifs is 1. The van der Waals surface area contributed by atoms with Crippen molar-refractivity contribution < 1.29 is 13.2 Å². The summed E-state index contributed by atoms with van der Waals surface area (Å²) in [6.07, 6.45) is -3.55. The Balaban J connectivity index is 1.82. The molecule has 8 heteroatoms. The van der Waals surface area contributed by atoms with Crippen LogP contribution in [0.4, 0.5) is 13.2 Å². The third-order valence-electron chi connectivity index (χ3n) is 4.06. The monoisotopic (exact) mass is 345 g/mol. The zero-order chi connectivity index (χ0) is 16.6. The van der Waals surface area contributed by atoms with Gasteiger partial charge in [-0.05, 0) is 37.6 Å². The molecule has 1 N–H and O–H groups in total. The van der Waals surface area contributed by atoms with Crippen molar-refractivity contribution in [3.05, 3.63) is 39.4 Å². The fourth-order valence-electron chi connectivity index (χ4n) is 2.91. The zero-order valence-corrected chi connectivity index (χ0v) is 12.9. The van der Waals surface area contributed by atoms with Crippen LogP contribution < -0.4 is 5.56 Å². The van der Waals surface area contributed by atoms with Crippen molar-refractivity contribution in [1.29, 1.82) is 0 Å². The number of aromatic nitrogens is 2. The van der Waals surface area contributed by atoms with Crippen LogP contribution in [0, 0.1) is 5.92 Å². The van der Waals surface area contributed by atoms with Crippen LogP contribution in [0.15, 0.2) is 23.0 Å². The van der Waals surface area contributed by atoms with E-state index in [1.807, 2.05) is 0 Å². The van der Waals surface area contributed by atoms with E-state index in [0.29, 0.717) is 34.7 Å². The highest BCUT2D eigenvalue weighted by Crippen LogP contribution is 2.33. The van der Waals surface area contributed by atoms with E-state index in [1.54, 1.807) is 23.1 Å². The van der Waals surface area contributed by atoms with E-state index in [2.05, 4.69) is 9.97 Å². The molecule has 23 heavy (non-hydrogen) atoms. The van der Waals surface area contributed by atoms with Gasteiger partial charge in [-0.2, -0.15) is 13.2 Å². The molecule has 1 fully saturated rings. The highest BCUT2D eigenvalue weighted by molar-refractivity contribution is 6.31. The van der Waals surface area contributed by atoms with Crippen molar-refractivity contribution >= 4 is 22.5 Å². The first-order valence-electron chi connectivity index (χ1n) is 7.30. The number of piperidine rings is 1. The molecule has 3 rings (SSSR count). The first-order chi connectivity index (χ1) is 10.8. The average molecular weight is 346 g/mol. The molecule has 1 aliphatic rings. The van der Waals surface area contributed by atoms with E-state index in [4.69, 9.17) is 11.6 Å². The third-order valence-corrected chi connectivity index (χ3v) is 4.29. The van der Waals surface area contributed by atoms with Crippen LogP contribution in [0.25, 0.3) is 10.9 Å². The zero-order valence-electron chi connectivity index (χ0n) is 12.2. The molecular weight excluding hydrogens is 331 g/mol. The van der Waals surface area contributed by atoms with Gasteiger partial charge in [0.05, 0.1) is 23.4 Å². The number of benzene rings is 1. The Morgan fingerprint density at radius 3 is 2.91 bits per heavy atom. The number of H-pyrrole nitrogens is 1. The second-order valence-electron chi connectivity index (χ2n) is 5.79. The van der Waals surface area contributed by atoms with Gasteiger partial charge in [-0.1, -0.05) is 11.6 Å². The molecule has 2 heterocycles. The van der Waals surface area contributed by atoms with Gasteiger partial charge in [0.25, 0.3) is 5.56 Å². The van der Waals surface area contributed by atoms with Crippen LogP contribution in [0.2, 0.25) is 5.02 Å². The summed E-state index contributed by atoms with van der Waals surface area (Å²) >= 11 is 5.90. The Morgan fingerprint density at radius 1 is 1.39 bits per heavy atom. The summed E-state index contributed by atoms with van der Waals surface area (Å²) in [5.74, 6) is -0.967. The average Bonchev–Trinajstić information content (AvgIpc) is 2.46. The molecule has 1 saturated heterocycles. The van der Waals surface area contributed by atoms with Crippen molar-refractivity contribution in [2.75, 3.05) is 13.1 Å². The number of halogens is 4. The molecule has 1 aromatic heterocycles. The van der Waals surface area contributed by atoms with E-state index in [0.717, 1.165) is 0 Å². The summed E-state index contributed by atoms with van der Waals surface area (Å²) in [5.41, 5.74) is 0.131. The maximum atomic E-state index is 12.9. The molecule has 0 bridgehead atoms. The van der Waals surface area contributed by atoms with Gasteiger partial charge >= 0.3 is 6.18 Å². The standard InChI is InChI=1S/C15H15ClF3N3O/c16-10-3-4-11-12(6-10)20-13(21-14(11)23)8-22-5-1-2-9(7-22)15(17,18)19/h3-4,6,9H,1-2,5,7-8H2,(H,20,21,23)/t9-/m1/s1. The number of alkyl halides is 3. The molecule has 2 aromatic rings. The Kier molecular flexibility index (Phi) is 4.33. The Bertz CT molecular complexity index is 775. The van der Waals surface area contributed by atoms with E-state index in [-0.39, 0.29) is 25.1 Å². The fourth-order valence-corrected chi connectivity index (χ4v) is 3.08.